The van der Waals surface area contributed by atoms with Crippen molar-refractivity contribution in [2.24, 2.45) is 5.10 Å². The van der Waals surface area contributed by atoms with Crippen LogP contribution in [0.5, 0.6) is 11.5 Å². The van der Waals surface area contributed by atoms with Gasteiger partial charge >= 0.3 is 0 Å². The Balaban J connectivity index is 2.12. The van der Waals surface area contributed by atoms with E-state index >= 15 is 0 Å². The Morgan fingerprint density at radius 3 is 2.74 bits per heavy atom. The number of aromatic hydroxyl groups is 2. The molecule has 23 heavy (non-hydrogen) atoms. The van der Waals surface area contributed by atoms with E-state index in [1.54, 1.807) is 19.1 Å². The molecule has 2 aromatic carbocycles. The van der Waals surface area contributed by atoms with E-state index in [0.717, 1.165) is 4.47 Å². The normalized spacial score (nSPS) is 11.4. The second-order valence-electron chi connectivity index (χ2n) is 4.93. The third kappa shape index (κ3) is 2.95. The highest BCUT2D eigenvalue weighted by molar-refractivity contribution is 9.10. The van der Waals surface area contributed by atoms with E-state index in [1.165, 1.54) is 29.1 Å². The Bertz CT molecular complexity index is 996. The fourth-order valence-corrected chi connectivity index (χ4v) is 2.52. The van der Waals surface area contributed by atoms with Crippen LogP contribution in [0.4, 0.5) is 0 Å². The molecular weight excluding hydrogens is 362 g/mol. The van der Waals surface area contributed by atoms with E-state index in [-0.39, 0.29) is 17.1 Å². The first-order valence-corrected chi connectivity index (χ1v) is 7.50. The van der Waals surface area contributed by atoms with Crippen LogP contribution >= 0.6 is 15.9 Å². The molecule has 0 aliphatic carbocycles. The van der Waals surface area contributed by atoms with Gasteiger partial charge in [0.1, 0.15) is 17.3 Å². The molecule has 3 aromatic rings. The molecule has 1 aromatic heterocycles. The zero-order valence-corrected chi connectivity index (χ0v) is 13.6. The van der Waals surface area contributed by atoms with Crippen molar-refractivity contribution in [2.75, 3.05) is 0 Å². The number of nitrogens with zero attached hydrogens (tertiary/aromatic N) is 3. The third-order valence-corrected chi connectivity index (χ3v) is 3.79. The molecule has 116 valence electrons. The number of phenols is 2. The molecular formula is C16H12BrN3O3. The van der Waals surface area contributed by atoms with Crippen molar-refractivity contribution in [3.05, 3.63) is 62.6 Å². The van der Waals surface area contributed by atoms with Gasteiger partial charge in [0.05, 0.1) is 17.1 Å². The number of benzene rings is 2. The summed E-state index contributed by atoms with van der Waals surface area (Å²) < 4.78 is 1.95. The average Bonchev–Trinajstić information content (AvgIpc) is 2.50. The van der Waals surface area contributed by atoms with Crippen molar-refractivity contribution in [3.8, 4) is 11.5 Å². The zero-order valence-electron chi connectivity index (χ0n) is 12.1. The van der Waals surface area contributed by atoms with Crippen LogP contribution in [0.2, 0.25) is 0 Å². The van der Waals surface area contributed by atoms with Gasteiger partial charge in [-0.05, 0) is 37.3 Å². The van der Waals surface area contributed by atoms with Crippen molar-refractivity contribution in [1.82, 2.24) is 9.66 Å². The average molecular weight is 374 g/mol. The number of hydrogen-bond acceptors (Lipinski definition) is 5. The van der Waals surface area contributed by atoms with E-state index in [9.17, 15) is 15.0 Å². The second kappa shape index (κ2) is 5.85. The minimum Gasteiger partial charge on any atom is -0.508 e. The molecule has 0 aliphatic rings. The van der Waals surface area contributed by atoms with Crippen LogP contribution in [-0.4, -0.2) is 26.1 Å². The lowest BCUT2D eigenvalue weighted by Gasteiger charge is -2.06. The smallest absolute Gasteiger partial charge is 0.282 e. The first kappa shape index (κ1) is 15.2. The molecule has 2 N–H and O–H groups in total. The molecule has 0 spiro atoms. The van der Waals surface area contributed by atoms with Crippen LogP contribution in [0.3, 0.4) is 0 Å². The first-order valence-electron chi connectivity index (χ1n) is 6.71. The largest absolute Gasteiger partial charge is 0.508 e. The maximum Gasteiger partial charge on any atom is 0.282 e. The topological polar surface area (TPSA) is 87.7 Å². The van der Waals surface area contributed by atoms with Gasteiger partial charge < -0.3 is 10.2 Å². The van der Waals surface area contributed by atoms with Crippen molar-refractivity contribution in [1.29, 1.82) is 0 Å². The maximum atomic E-state index is 12.5. The van der Waals surface area contributed by atoms with Crippen LogP contribution in [-0.2, 0) is 0 Å². The monoisotopic (exact) mass is 373 g/mol. The number of hydrogen-bond donors (Lipinski definition) is 2. The third-order valence-electron chi connectivity index (χ3n) is 3.30. The van der Waals surface area contributed by atoms with E-state index in [1.807, 2.05) is 6.07 Å². The van der Waals surface area contributed by atoms with Crippen molar-refractivity contribution in [3.63, 3.8) is 0 Å². The molecule has 6 nitrogen and oxygen atoms in total. The Morgan fingerprint density at radius 1 is 1.22 bits per heavy atom. The van der Waals surface area contributed by atoms with E-state index in [4.69, 9.17) is 0 Å². The highest BCUT2D eigenvalue weighted by Gasteiger charge is 2.08. The summed E-state index contributed by atoms with van der Waals surface area (Å²) in [5, 5.41) is 23.6. The fraction of sp³-hybridized carbons (Fsp3) is 0.0625. The number of aromatic nitrogens is 2. The molecule has 0 saturated heterocycles. The van der Waals surface area contributed by atoms with Gasteiger partial charge in [-0.15, -0.1) is 0 Å². The Hall–Kier alpha value is -2.67. The lowest BCUT2D eigenvalue weighted by molar-refractivity contribution is 0.450. The summed E-state index contributed by atoms with van der Waals surface area (Å²) in [6, 6.07) is 9.39. The molecule has 0 atom stereocenters. The molecule has 7 heteroatoms. The summed E-state index contributed by atoms with van der Waals surface area (Å²) >= 11 is 3.33. The Morgan fingerprint density at radius 2 is 2.00 bits per heavy atom. The SMILES string of the molecule is Cc1nc2ccc(Br)cc2c(=O)n1N=Cc1ccc(O)cc1O. The number of halogens is 1. The highest BCUT2D eigenvalue weighted by Crippen LogP contribution is 2.21. The first-order chi connectivity index (χ1) is 11.0. The van der Waals surface area contributed by atoms with Gasteiger partial charge in [0, 0.05) is 16.1 Å². The van der Waals surface area contributed by atoms with Gasteiger partial charge in [0.25, 0.3) is 5.56 Å². The van der Waals surface area contributed by atoms with Gasteiger partial charge in [-0.2, -0.15) is 9.78 Å². The molecule has 0 saturated carbocycles. The van der Waals surface area contributed by atoms with Crippen molar-refractivity contribution >= 4 is 33.0 Å². The predicted molar refractivity (Wildman–Crippen MR) is 91.2 cm³/mol. The molecule has 0 fully saturated rings. The molecule has 1 heterocycles. The van der Waals surface area contributed by atoms with Crippen molar-refractivity contribution < 1.29 is 10.2 Å². The summed E-state index contributed by atoms with van der Waals surface area (Å²) in [6.07, 6.45) is 1.34. The predicted octanol–water partition coefficient (Wildman–Crippen LogP) is 2.76. The lowest BCUT2D eigenvalue weighted by Crippen LogP contribution is -2.20. The summed E-state index contributed by atoms with van der Waals surface area (Å²) in [4.78, 5) is 16.9. The van der Waals surface area contributed by atoms with E-state index in [0.29, 0.717) is 22.3 Å². The van der Waals surface area contributed by atoms with Crippen LogP contribution in [0.25, 0.3) is 10.9 Å². The molecule has 0 unspecified atom stereocenters. The second-order valence-corrected chi connectivity index (χ2v) is 5.84. The highest BCUT2D eigenvalue weighted by atomic mass is 79.9. The van der Waals surface area contributed by atoms with Gasteiger partial charge in [0.2, 0.25) is 0 Å². The lowest BCUT2D eigenvalue weighted by atomic mass is 10.2. The Labute approximate surface area is 139 Å². The van der Waals surface area contributed by atoms with Crippen LogP contribution in [0.1, 0.15) is 11.4 Å². The summed E-state index contributed by atoms with van der Waals surface area (Å²) in [5.41, 5.74) is 0.668. The van der Waals surface area contributed by atoms with E-state index < -0.39 is 0 Å². The molecule has 0 aliphatic heterocycles. The quantitative estimate of drug-likeness (QED) is 0.676. The molecule has 3 rings (SSSR count). The van der Waals surface area contributed by atoms with Crippen LogP contribution in [0.15, 0.2) is 50.8 Å². The summed E-state index contributed by atoms with van der Waals surface area (Å²) in [5.74, 6) is 0.250. The maximum absolute atomic E-state index is 12.5. The van der Waals surface area contributed by atoms with Gasteiger partial charge in [-0.25, -0.2) is 4.98 Å². The minimum absolute atomic E-state index is 0.0507. The van der Waals surface area contributed by atoms with Crippen LogP contribution in [0, 0.1) is 6.92 Å². The van der Waals surface area contributed by atoms with Crippen molar-refractivity contribution in [2.45, 2.75) is 6.92 Å². The summed E-state index contributed by atoms with van der Waals surface area (Å²) in [6.45, 7) is 1.68. The number of rotatable bonds is 2. The number of phenolic OH excluding ortho intramolecular Hbond substituents is 2. The fourth-order valence-electron chi connectivity index (χ4n) is 2.16. The standard InChI is InChI=1S/C16H12BrN3O3/c1-9-19-14-5-3-11(17)6-13(14)16(23)20(9)18-8-10-2-4-12(21)7-15(10)22/h2-8,21-22H,1H3. The zero-order chi connectivity index (χ0) is 16.6. The van der Waals surface area contributed by atoms with Crippen LogP contribution < -0.4 is 5.56 Å². The summed E-state index contributed by atoms with van der Waals surface area (Å²) in [7, 11) is 0. The van der Waals surface area contributed by atoms with E-state index in [2.05, 4.69) is 26.0 Å². The Kier molecular flexibility index (Phi) is 3.87. The molecule has 0 amide bonds. The number of aryl methyl sites for hydroxylation is 1. The number of fused-ring (bicyclic) bond motifs is 1. The molecule has 0 radical (unpaired) electrons. The van der Waals surface area contributed by atoms with Gasteiger partial charge in [0.15, 0.2) is 0 Å². The minimum atomic E-state index is -0.302. The molecule has 0 bridgehead atoms. The van der Waals surface area contributed by atoms with Gasteiger partial charge in [-0.1, -0.05) is 15.9 Å². The van der Waals surface area contributed by atoms with Gasteiger partial charge in [-0.3, -0.25) is 4.79 Å².